The van der Waals surface area contributed by atoms with E-state index in [-0.39, 0.29) is 4.90 Å². The predicted octanol–water partition coefficient (Wildman–Crippen LogP) is -1.15. The largest absolute Gasteiger partial charge is 0.549 e. The molecule has 82 valence electrons. The molecule has 1 rings (SSSR count). The van der Waals surface area contributed by atoms with Crippen LogP contribution in [0.5, 0.6) is 0 Å². The fourth-order valence-electron chi connectivity index (χ4n) is 0.871. The van der Waals surface area contributed by atoms with Gasteiger partial charge in [0.15, 0.2) is 0 Å². The highest BCUT2D eigenvalue weighted by Crippen LogP contribution is 2.09. The van der Waals surface area contributed by atoms with Crippen molar-refractivity contribution in [2.24, 2.45) is 0 Å². The van der Waals surface area contributed by atoms with Crippen molar-refractivity contribution in [2.45, 2.75) is 4.90 Å². The van der Waals surface area contributed by atoms with E-state index in [9.17, 15) is 22.7 Å². The van der Waals surface area contributed by atoms with E-state index in [0.717, 1.165) is 18.2 Å². The van der Waals surface area contributed by atoms with Crippen molar-refractivity contribution >= 4 is 16.0 Å². The normalized spacial score (nSPS) is 11.3. The lowest BCUT2D eigenvalue weighted by molar-refractivity contribution is -0.303. The number of benzene rings is 1. The molecule has 1 aromatic rings. The topological polar surface area (TPSA) is 86.3 Å². The van der Waals surface area contributed by atoms with Gasteiger partial charge >= 0.3 is 0 Å². The molecule has 0 aliphatic heterocycles. The van der Waals surface area contributed by atoms with Gasteiger partial charge in [-0.05, 0) is 18.2 Å². The van der Waals surface area contributed by atoms with Gasteiger partial charge in [-0.15, -0.1) is 0 Å². The summed E-state index contributed by atoms with van der Waals surface area (Å²) in [7, 11) is -3.99. The average molecular weight is 232 g/mol. The molecule has 0 aromatic heterocycles. The van der Waals surface area contributed by atoms with E-state index < -0.39 is 28.4 Å². The molecule has 5 nitrogen and oxygen atoms in total. The van der Waals surface area contributed by atoms with Crippen LogP contribution in [0.4, 0.5) is 4.39 Å². The summed E-state index contributed by atoms with van der Waals surface area (Å²) in [6.07, 6.45) is 0. The lowest BCUT2D eigenvalue weighted by atomic mass is 10.4. The van der Waals surface area contributed by atoms with Crippen molar-refractivity contribution in [2.75, 3.05) is 6.54 Å². The zero-order valence-electron chi connectivity index (χ0n) is 7.44. The third kappa shape index (κ3) is 3.30. The molecule has 0 atom stereocenters. The van der Waals surface area contributed by atoms with Gasteiger partial charge in [0.05, 0.1) is 17.4 Å². The molecule has 0 bridgehead atoms. The summed E-state index contributed by atoms with van der Waals surface area (Å²) in [4.78, 5) is 9.70. The Labute approximate surface area is 85.6 Å². The van der Waals surface area contributed by atoms with Gasteiger partial charge in [0.25, 0.3) is 0 Å². The second-order valence-corrected chi connectivity index (χ2v) is 4.42. The molecule has 0 radical (unpaired) electrons. The second-order valence-electron chi connectivity index (χ2n) is 2.65. The summed E-state index contributed by atoms with van der Waals surface area (Å²) in [5.41, 5.74) is 0. The van der Waals surface area contributed by atoms with E-state index in [2.05, 4.69) is 0 Å². The Balaban J connectivity index is 2.91. The van der Waals surface area contributed by atoms with Gasteiger partial charge in [-0.3, -0.25) is 0 Å². The van der Waals surface area contributed by atoms with Gasteiger partial charge in [-0.2, -0.15) is 0 Å². The fraction of sp³-hybridized carbons (Fsp3) is 0.125. The Bertz CT molecular complexity index is 471. The van der Waals surface area contributed by atoms with E-state index in [1.54, 1.807) is 4.72 Å². The molecule has 0 fully saturated rings. The van der Waals surface area contributed by atoms with Crippen LogP contribution in [0.2, 0.25) is 0 Å². The van der Waals surface area contributed by atoms with Crippen LogP contribution in [0, 0.1) is 5.82 Å². The SMILES string of the molecule is O=C([O-])CNS(=O)(=O)c1cccc(F)c1. The van der Waals surface area contributed by atoms with Gasteiger partial charge in [0, 0.05) is 0 Å². The van der Waals surface area contributed by atoms with Crippen molar-refractivity contribution < 1.29 is 22.7 Å². The number of carbonyl (C=O) groups excluding carboxylic acids is 1. The highest BCUT2D eigenvalue weighted by Gasteiger charge is 2.13. The van der Waals surface area contributed by atoms with Crippen LogP contribution in [-0.4, -0.2) is 20.9 Å². The Morgan fingerprint density at radius 1 is 1.47 bits per heavy atom. The fourth-order valence-corrected chi connectivity index (χ4v) is 1.87. The molecule has 0 saturated heterocycles. The number of sulfonamides is 1. The third-order valence-corrected chi connectivity index (χ3v) is 2.91. The van der Waals surface area contributed by atoms with Crippen molar-refractivity contribution in [1.29, 1.82) is 0 Å². The van der Waals surface area contributed by atoms with Crippen LogP contribution in [0.1, 0.15) is 0 Å². The first kappa shape index (κ1) is 11.6. The Hall–Kier alpha value is -1.47. The molecule has 0 unspecified atom stereocenters. The highest BCUT2D eigenvalue weighted by molar-refractivity contribution is 7.89. The zero-order chi connectivity index (χ0) is 11.5. The summed E-state index contributed by atoms with van der Waals surface area (Å²) in [5.74, 6) is -2.28. The molecule has 0 amide bonds. The monoisotopic (exact) mass is 232 g/mol. The highest BCUT2D eigenvalue weighted by atomic mass is 32.2. The first-order valence-electron chi connectivity index (χ1n) is 3.87. The van der Waals surface area contributed by atoms with Gasteiger partial charge in [0.1, 0.15) is 5.82 Å². The Morgan fingerprint density at radius 3 is 2.67 bits per heavy atom. The maximum absolute atomic E-state index is 12.7. The number of carbonyl (C=O) groups is 1. The lowest BCUT2D eigenvalue weighted by Crippen LogP contribution is -2.37. The molecule has 0 heterocycles. The lowest BCUT2D eigenvalue weighted by Gasteiger charge is -2.06. The molecular weight excluding hydrogens is 225 g/mol. The maximum Gasteiger partial charge on any atom is 0.241 e. The summed E-state index contributed by atoms with van der Waals surface area (Å²) >= 11 is 0. The number of nitrogens with one attached hydrogen (secondary N) is 1. The summed E-state index contributed by atoms with van der Waals surface area (Å²) in [5, 5.41) is 10.0. The number of hydrogen-bond donors (Lipinski definition) is 1. The van der Waals surface area contributed by atoms with E-state index >= 15 is 0 Å². The number of carboxylic acid groups (broad SMARTS) is 1. The average Bonchev–Trinajstić information content (AvgIpc) is 2.15. The molecule has 0 spiro atoms. The number of aliphatic carboxylic acids is 1. The van der Waals surface area contributed by atoms with Crippen molar-refractivity contribution in [1.82, 2.24) is 4.72 Å². The first-order valence-corrected chi connectivity index (χ1v) is 5.35. The van der Waals surface area contributed by atoms with Gasteiger partial charge in [-0.1, -0.05) is 6.07 Å². The molecule has 15 heavy (non-hydrogen) atoms. The first-order chi connectivity index (χ1) is 6.92. The number of rotatable bonds is 4. The zero-order valence-corrected chi connectivity index (χ0v) is 8.25. The summed E-state index contributed by atoms with van der Waals surface area (Å²) in [6.45, 7) is -0.848. The standard InChI is InChI=1S/C8H8FNO4S/c9-6-2-1-3-7(4-6)15(13,14)10-5-8(11)12/h1-4,10H,5H2,(H,11,12)/p-1. The molecule has 1 aromatic carbocycles. The van der Waals surface area contributed by atoms with Crippen LogP contribution in [0.15, 0.2) is 29.2 Å². The Kier molecular flexibility index (Phi) is 3.38. The van der Waals surface area contributed by atoms with Crippen LogP contribution in [-0.2, 0) is 14.8 Å². The quantitative estimate of drug-likeness (QED) is 0.710. The third-order valence-electron chi connectivity index (χ3n) is 1.51. The van der Waals surface area contributed by atoms with Crippen LogP contribution < -0.4 is 9.83 Å². The molecule has 1 N–H and O–H groups in total. The molecular formula is C8H7FNO4S-. The minimum atomic E-state index is -3.99. The predicted molar refractivity (Wildman–Crippen MR) is 46.6 cm³/mol. The molecule has 0 saturated carbocycles. The van der Waals surface area contributed by atoms with Crippen molar-refractivity contribution in [3.05, 3.63) is 30.1 Å². The van der Waals surface area contributed by atoms with Gasteiger partial charge in [-0.25, -0.2) is 17.5 Å². The summed E-state index contributed by atoms with van der Waals surface area (Å²) < 4.78 is 37.1. The van der Waals surface area contributed by atoms with Crippen LogP contribution >= 0.6 is 0 Å². The van der Waals surface area contributed by atoms with Crippen LogP contribution in [0.25, 0.3) is 0 Å². The van der Waals surface area contributed by atoms with Crippen molar-refractivity contribution in [3.8, 4) is 0 Å². The van der Waals surface area contributed by atoms with Gasteiger partial charge in [0.2, 0.25) is 10.0 Å². The van der Waals surface area contributed by atoms with Crippen LogP contribution in [0.3, 0.4) is 0 Å². The van der Waals surface area contributed by atoms with E-state index in [1.165, 1.54) is 6.07 Å². The van der Waals surface area contributed by atoms with Gasteiger partial charge < -0.3 is 9.90 Å². The molecule has 7 heteroatoms. The number of carboxylic acids is 1. The minimum Gasteiger partial charge on any atom is -0.549 e. The van der Waals surface area contributed by atoms with Crippen molar-refractivity contribution in [3.63, 3.8) is 0 Å². The maximum atomic E-state index is 12.7. The summed E-state index contributed by atoms with van der Waals surface area (Å²) in [6, 6.07) is 4.24. The molecule has 0 aliphatic rings. The minimum absolute atomic E-state index is 0.330. The smallest absolute Gasteiger partial charge is 0.241 e. The number of halogens is 1. The molecule has 0 aliphatic carbocycles. The second kappa shape index (κ2) is 4.37. The van der Waals surface area contributed by atoms with E-state index in [0.29, 0.717) is 0 Å². The Morgan fingerprint density at radius 2 is 2.13 bits per heavy atom. The van der Waals surface area contributed by atoms with E-state index in [1.807, 2.05) is 0 Å². The van der Waals surface area contributed by atoms with E-state index in [4.69, 9.17) is 0 Å². The number of hydrogen-bond acceptors (Lipinski definition) is 4.